The first-order chi connectivity index (χ1) is 15.9. The molecule has 0 unspecified atom stereocenters. The van der Waals surface area contributed by atoms with Crippen molar-refractivity contribution in [3.63, 3.8) is 0 Å². The predicted octanol–water partition coefficient (Wildman–Crippen LogP) is 5.04. The molecule has 4 aromatic rings. The van der Waals surface area contributed by atoms with Gasteiger partial charge in [0.2, 0.25) is 11.8 Å². The highest BCUT2D eigenvalue weighted by Crippen LogP contribution is 2.24. The summed E-state index contributed by atoms with van der Waals surface area (Å²) in [7, 11) is 0. The van der Waals surface area contributed by atoms with E-state index >= 15 is 0 Å². The second-order valence-corrected chi connectivity index (χ2v) is 8.34. The van der Waals surface area contributed by atoms with Crippen LogP contribution in [0.2, 0.25) is 0 Å². The number of rotatable bonds is 7. The standard InChI is InChI=1S/C25H25N5O2S/c1-16-5-9-20(10-6-16)24-28-29-25(33)30(24)15-22(31)26-13-19-8-11-23(27-14-19)32-21-12-17(2)4-7-18(21)3/h4-12,14H,13,15H2,1-3H3,(H,26,31)(H,29,33). The molecule has 8 heteroatoms. The highest BCUT2D eigenvalue weighted by Gasteiger charge is 2.12. The molecule has 0 bridgehead atoms. The molecule has 0 aliphatic carbocycles. The van der Waals surface area contributed by atoms with Gasteiger partial charge >= 0.3 is 0 Å². The number of aryl methyl sites for hydroxylation is 3. The molecule has 2 aromatic carbocycles. The van der Waals surface area contributed by atoms with Crippen LogP contribution < -0.4 is 10.1 Å². The van der Waals surface area contributed by atoms with Crippen molar-refractivity contribution >= 4 is 18.1 Å². The monoisotopic (exact) mass is 459 g/mol. The molecule has 1 amide bonds. The van der Waals surface area contributed by atoms with Crippen molar-refractivity contribution < 1.29 is 9.53 Å². The average molecular weight is 460 g/mol. The second-order valence-electron chi connectivity index (χ2n) is 7.96. The van der Waals surface area contributed by atoms with Crippen molar-refractivity contribution in [1.82, 2.24) is 25.1 Å². The van der Waals surface area contributed by atoms with Crippen LogP contribution >= 0.6 is 12.2 Å². The molecular formula is C25H25N5O2S. The number of hydrogen-bond acceptors (Lipinski definition) is 5. The summed E-state index contributed by atoms with van der Waals surface area (Å²) in [5, 5.41) is 9.97. The number of carbonyl (C=O) groups is 1. The number of pyridine rings is 1. The van der Waals surface area contributed by atoms with E-state index in [-0.39, 0.29) is 12.5 Å². The molecule has 33 heavy (non-hydrogen) atoms. The van der Waals surface area contributed by atoms with Gasteiger partial charge in [0.05, 0.1) is 0 Å². The van der Waals surface area contributed by atoms with Crippen LogP contribution in [0.3, 0.4) is 0 Å². The minimum absolute atomic E-state index is 0.0692. The largest absolute Gasteiger partial charge is 0.439 e. The molecule has 0 aliphatic heterocycles. The zero-order valence-corrected chi connectivity index (χ0v) is 19.6. The maximum absolute atomic E-state index is 12.6. The lowest BCUT2D eigenvalue weighted by molar-refractivity contribution is -0.121. The Bertz CT molecular complexity index is 1320. The number of hydrogen-bond donors (Lipinski definition) is 2. The Balaban J connectivity index is 1.37. The van der Waals surface area contributed by atoms with E-state index in [0.717, 1.165) is 33.6 Å². The Labute approximate surface area is 197 Å². The first-order valence-corrected chi connectivity index (χ1v) is 11.0. The summed E-state index contributed by atoms with van der Waals surface area (Å²) in [5.74, 6) is 1.75. The zero-order valence-electron chi connectivity index (χ0n) is 18.8. The van der Waals surface area contributed by atoms with Crippen molar-refractivity contribution in [1.29, 1.82) is 0 Å². The summed E-state index contributed by atoms with van der Waals surface area (Å²) in [6.07, 6.45) is 1.70. The Kier molecular flexibility index (Phi) is 6.65. The molecule has 2 heterocycles. The molecule has 168 valence electrons. The summed E-state index contributed by atoms with van der Waals surface area (Å²) < 4.78 is 7.98. The lowest BCUT2D eigenvalue weighted by Crippen LogP contribution is -2.27. The van der Waals surface area contributed by atoms with Gasteiger partial charge in [-0.25, -0.2) is 4.98 Å². The van der Waals surface area contributed by atoms with Crippen molar-refractivity contribution in [2.24, 2.45) is 0 Å². The molecule has 0 radical (unpaired) electrons. The van der Waals surface area contributed by atoms with E-state index in [4.69, 9.17) is 17.0 Å². The van der Waals surface area contributed by atoms with Gasteiger partial charge < -0.3 is 10.1 Å². The van der Waals surface area contributed by atoms with Gasteiger partial charge in [0.1, 0.15) is 12.3 Å². The number of H-pyrrole nitrogens is 1. The number of ether oxygens (including phenoxy) is 1. The van der Waals surface area contributed by atoms with E-state index in [1.54, 1.807) is 16.8 Å². The Morgan fingerprint density at radius 2 is 1.82 bits per heavy atom. The third-order valence-electron chi connectivity index (χ3n) is 5.22. The number of aromatic amines is 1. The zero-order chi connectivity index (χ0) is 23.4. The molecule has 0 aliphatic rings. The Morgan fingerprint density at radius 3 is 2.55 bits per heavy atom. The summed E-state index contributed by atoms with van der Waals surface area (Å²) in [6, 6.07) is 17.6. The SMILES string of the molecule is Cc1ccc(-c2n[nH]c(=S)n2CC(=O)NCc2ccc(Oc3cc(C)ccc3C)nc2)cc1. The number of nitrogens with zero attached hydrogens (tertiary/aromatic N) is 3. The highest BCUT2D eigenvalue weighted by atomic mass is 32.1. The van der Waals surface area contributed by atoms with E-state index in [9.17, 15) is 4.79 Å². The van der Waals surface area contributed by atoms with E-state index in [1.807, 2.05) is 69.3 Å². The average Bonchev–Trinajstić information content (AvgIpc) is 3.16. The van der Waals surface area contributed by atoms with E-state index in [2.05, 4.69) is 20.5 Å². The third kappa shape index (κ3) is 5.53. The van der Waals surface area contributed by atoms with Crippen LogP contribution in [0, 0.1) is 25.5 Å². The van der Waals surface area contributed by atoms with Crippen molar-refractivity contribution in [2.45, 2.75) is 33.9 Å². The van der Waals surface area contributed by atoms with Crippen LogP contribution in [0.4, 0.5) is 0 Å². The maximum Gasteiger partial charge on any atom is 0.240 e. The molecule has 4 rings (SSSR count). The number of benzene rings is 2. The highest BCUT2D eigenvalue weighted by molar-refractivity contribution is 7.71. The van der Waals surface area contributed by atoms with Gasteiger partial charge in [-0.05, 0) is 55.7 Å². The smallest absolute Gasteiger partial charge is 0.240 e. The third-order valence-corrected chi connectivity index (χ3v) is 5.53. The predicted molar refractivity (Wildman–Crippen MR) is 130 cm³/mol. The van der Waals surface area contributed by atoms with Gasteiger partial charge in [0.15, 0.2) is 10.6 Å². The summed E-state index contributed by atoms with van der Waals surface area (Å²) in [6.45, 7) is 6.45. The molecule has 0 atom stereocenters. The number of nitrogens with one attached hydrogen (secondary N) is 2. The molecule has 0 saturated carbocycles. The first-order valence-electron chi connectivity index (χ1n) is 10.6. The summed E-state index contributed by atoms with van der Waals surface area (Å²) >= 11 is 5.32. The van der Waals surface area contributed by atoms with Crippen LogP contribution in [0.1, 0.15) is 22.3 Å². The van der Waals surface area contributed by atoms with Crippen LogP contribution in [-0.4, -0.2) is 25.7 Å². The topological polar surface area (TPSA) is 84.8 Å². The van der Waals surface area contributed by atoms with E-state index in [0.29, 0.717) is 23.0 Å². The van der Waals surface area contributed by atoms with E-state index < -0.39 is 0 Å². The van der Waals surface area contributed by atoms with Crippen LogP contribution in [0.25, 0.3) is 11.4 Å². The fourth-order valence-corrected chi connectivity index (χ4v) is 3.49. The summed E-state index contributed by atoms with van der Waals surface area (Å²) in [5.41, 5.74) is 5.08. The normalized spacial score (nSPS) is 10.8. The molecule has 2 aromatic heterocycles. The number of amides is 1. The lowest BCUT2D eigenvalue weighted by Gasteiger charge is -2.10. The Morgan fingerprint density at radius 1 is 1.06 bits per heavy atom. The first kappa shape index (κ1) is 22.4. The van der Waals surface area contributed by atoms with Crippen molar-refractivity contribution in [3.05, 3.63) is 87.8 Å². The Hall–Kier alpha value is -3.78. The minimum Gasteiger partial charge on any atom is -0.439 e. The molecular weight excluding hydrogens is 434 g/mol. The molecule has 0 fully saturated rings. The van der Waals surface area contributed by atoms with E-state index in [1.165, 1.54) is 0 Å². The van der Waals surface area contributed by atoms with Crippen molar-refractivity contribution in [3.8, 4) is 23.0 Å². The van der Waals surface area contributed by atoms with Gasteiger partial charge in [0.25, 0.3) is 0 Å². The van der Waals surface area contributed by atoms with Crippen LogP contribution in [0.5, 0.6) is 11.6 Å². The lowest BCUT2D eigenvalue weighted by atomic mass is 10.1. The molecule has 2 N–H and O–H groups in total. The van der Waals surface area contributed by atoms with Crippen molar-refractivity contribution in [2.75, 3.05) is 0 Å². The minimum atomic E-state index is -0.170. The van der Waals surface area contributed by atoms with Gasteiger partial charge in [0, 0.05) is 24.4 Å². The fraction of sp³-hybridized carbons (Fsp3) is 0.200. The van der Waals surface area contributed by atoms with Gasteiger partial charge in [-0.1, -0.05) is 48.0 Å². The second kappa shape index (κ2) is 9.79. The molecule has 7 nitrogen and oxygen atoms in total. The number of aromatic nitrogens is 4. The fourth-order valence-electron chi connectivity index (χ4n) is 3.29. The summed E-state index contributed by atoms with van der Waals surface area (Å²) in [4.78, 5) is 16.9. The van der Waals surface area contributed by atoms with Gasteiger partial charge in [-0.3, -0.25) is 14.5 Å². The van der Waals surface area contributed by atoms with Gasteiger partial charge in [-0.2, -0.15) is 5.10 Å². The van der Waals surface area contributed by atoms with Gasteiger partial charge in [-0.15, -0.1) is 0 Å². The number of carbonyl (C=O) groups excluding carboxylic acids is 1. The molecule has 0 saturated heterocycles. The quantitative estimate of drug-likeness (QED) is 0.378. The maximum atomic E-state index is 12.6. The van der Waals surface area contributed by atoms with Crippen LogP contribution in [-0.2, 0) is 17.9 Å². The molecule has 0 spiro atoms. The van der Waals surface area contributed by atoms with Crippen LogP contribution in [0.15, 0.2) is 60.8 Å².